The molecule has 8 heteroatoms. The normalized spacial score (nSPS) is 11.4. The van der Waals surface area contributed by atoms with Crippen molar-refractivity contribution in [1.29, 1.82) is 0 Å². The van der Waals surface area contributed by atoms with Crippen LogP contribution in [0.3, 0.4) is 0 Å². The van der Waals surface area contributed by atoms with E-state index in [2.05, 4.69) is 10.6 Å². The predicted molar refractivity (Wildman–Crippen MR) is 108 cm³/mol. The zero-order chi connectivity index (χ0) is 20.5. The van der Waals surface area contributed by atoms with Gasteiger partial charge in [-0.15, -0.1) is 11.8 Å². The van der Waals surface area contributed by atoms with Gasteiger partial charge in [0.05, 0.1) is 11.5 Å². The lowest BCUT2D eigenvalue weighted by Crippen LogP contribution is -2.30. The molecule has 0 saturated heterocycles. The number of hydrogen-bond donors (Lipinski definition) is 2. The Morgan fingerprint density at radius 3 is 2.43 bits per heavy atom. The van der Waals surface area contributed by atoms with E-state index in [1.165, 1.54) is 31.2 Å². The molecular weight excluding hydrogens is 383 g/mol. The van der Waals surface area contributed by atoms with Gasteiger partial charge >= 0.3 is 5.97 Å². The molecule has 0 saturated carbocycles. The zero-order valence-electron chi connectivity index (χ0n) is 15.5. The summed E-state index contributed by atoms with van der Waals surface area (Å²) in [4.78, 5) is 35.7. The topological polar surface area (TPSA) is 84.5 Å². The summed E-state index contributed by atoms with van der Waals surface area (Å²) in [6, 6.07) is 12.6. The van der Waals surface area contributed by atoms with Crippen LogP contribution in [0.1, 0.15) is 12.5 Å². The van der Waals surface area contributed by atoms with Crippen molar-refractivity contribution in [2.24, 2.45) is 0 Å². The summed E-state index contributed by atoms with van der Waals surface area (Å²) in [5, 5.41) is 5.27. The van der Waals surface area contributed by atoms with Crippen LogP contribution in [0.4, 0.5) is 15.8 Å². The number of aryl methyl sites for hydroxylation is 1. The molecule has 0 aliphatic heterocycles. The van der Waals surface area contributed by atoms with Crippen LogP contribution < -0.4 is 10.6 Å². The number of benzene rings is 2. The van der Waals surface area contributed by atoms with Gasteiger partial charge in [0.25, 0.3) is 5.91 Å². The molecule has 0 fully saturated rings. The van der Waals surface area contributed by atoms with E-state index >= 15 is 0 Å². The van der Waals surface area contributed by atoms with E-state index in [9.17, 15) is 18.8 Å². The van der Waals surface area contributed by atoms with E-state index in [0.717, 1.165) is 17.3 Å². The third-order valence-corrected chi connectivity index (χ3v) is 4.45. The Morgan fingerprint density at radius 1 is 1.04 bits per heavy atom. The summed E-state index contributed by atoms with van der Waals surface area (Å²) in [5.74, 6) is -1.75. The van der Waals surface area contributed by atoms with Crippen LogP contribution in [0, 0.1) is 12.7 Å². The lowest BCUT2D eigenvalue weighted by molar-refractivity contribution is -0.150. The number of carbonyl (C=O) groups excluding carboxylic acids is 3. The molecular formula is C20H21FN2O4S. The Hall–Kier alpha value is -2.87. The Morgan fingerprint density at radius 2 is 1.75 bits per heavy atom. The fraction of sp³-hybridized carbons (Fsp3) is 0.250. The molecule has 2 aromatic carbocycles. The van der Waals surface area contributed by atoms with Crippen LogP contribution in [0.15, 0.2) is 48.5 Å². The highest BCUT2D eigenvalue weighted by Gasteiger charge is 2.18. The minimum absolute atomic E-state index is 0.0601. The molecule has 0 aromatic heterocycles. The summed E-state index contributed by atoms with van der Waals surface area (Å²) in [5.41, 5.74) is 2.12. The van der Waals surface area contributed by atoms with Crippen molar-refractivity contribution in [3.05, 3.63) is 59.9 Å². The van der Waals surface area contributed by atoms with Gasteiger partial charge in [0, 0.05) is 11.4 Å². The molecule has 28 heavy (non-hydrogen) atoms. The molecule has 2 amide bonds. The highest BCUT2D eigenvalue weighted by atomic mass is 32.2. The molecule has 0 unspecified atom stereocenters. The number of ether oxygens (including phenoxy) is 1. The van der Waals surface area contributed by atoms with Crippen molar-refractivity contribution in [2.75, 3.05) is 22.1 Å². The second-order valence-electron chi connectivity index (χ2n) is 6.04. The first-order valence-electron chi connectivity index (χ1n) is 8.53. The van der Waals surface area contributed by atoms with Crippen LogP contribution in [0.5, 0.6) is 0 Å². The summed E-state index contributed by atoms with van der Waals surface area (Å²) in [7, 11) is 0. The fourth-order valence-electron chi connectivity index (χ4n) is 2.21. The molecule has 2 aromatic rings. The molecule has 1 atom stereocenters. The molecule has 0 bridgehead atoms. The largest absolute Gasteiger partial charge is 0.452 e. The highest BCUT2D eigenvalue weighted by Crippen LogP contribution is 2.12. The number of halogens is 1. The number of carbonyl (C=O) groups is 3. The summed E-state index contributed by atoms with van der Waals surface area (Å²) in [6.07, 6.45) is -1.01. The van der Waals surface area contributed by atoms with Crippen LogP contribution >= 0.6 is 11.8 Å². The Labute approximate surface area is 166 Å². The summed E-state index contributed by atoms with van der Waals surface area (Å²) >= 11 is 1.09. The highest BCUT2D eigenvalue weighted by molar-refractivity contribution is 8.00. The van der Waals surface area contributed by atoms with Gasteiger partial charge < -0.3 is 15.4 Å². The molecule has 0 radical (unpaired) electrons. The Kier molecular flexibility index (Phi) is 8.01. The number of amides is 2. The minimum Gasteiger partial charge on any atom is -0.452 e. The predicted octanol–water partition coefficient (Wildman–Crippen LogP) is 3.38. The maximum absolute atomic E-state index is 12.9. The van der Waals surface area contributed by atoms with E-state index in [-0.39, 0.29) is 17.4 Å². The monoisotopic (exact) mass is 404 g/mol. The van der Waals surface area contributed by atoms with Crippen molar-refractivity contribution in [3.63, 3.8) is 0 Å². The van der Waals surface area contributed by atoms with Gasteiger partial charge in [-0.3, -0.25) is 14.4 Å². The van der Waals surface area contributed by atoms with Gasteiger partial charge in [-0.2, -0.15) is 0 Å². The lowest BCUT2D eigenvalue weighted by atomic mass is 10.2. The zero-order valence-corrected chi connectivity index (χ0v) is 16.3. The van der Waals surface area contributed by atoms with Gasteiger partial charge in [-0.05, 0) is 55.8 Å². The molecule has 2 N–H and O–H groups in total. The molecule has 2 rings (SSSR count). The van der Waals surface area contributed by atoms with Crippen molar-refractivity contribution in [2.45, 2.75) is 20.0 Å². The van der Waals surface area contributed by atoms with Gasteiger partial charge in [0.2, 0.25) is 5.91 Å². The average molecular weight is 404 g/mol. The second kappa shape index (κ2) is 10.5. The lowest BCUT2D eigenvalue weighted by Gasteiger charge is -2.13. The standard InChI is InChI=1S/C20H21FN2O4S/c1-13-4-3-5-17(10-13)22-18(24)11-28-12-19(25)27-14(2)20(26)23-16-8-6-15(21)7-9-16/h3-10,14H,11-12H2,1-2H3,(H,22,24)(H,23,26)/t14-/m1/s1. The van der Waals surface area contributed by atoms with Crippen molar-refractivity contribution < 1.29 is 23.5 Å². The van der Waals surface area contributed by atoms with E-state index in [1.807, 2.05) is 25.1 Å². The van der Waals surface area contributed by atoms with Crippen molar-refractivity contribution in [3.8, 4) is 0 Å². The van der Waals surface area contributed by atoms with Crippen molar-refractivity contribution >= 4 is 40.9 Å². The minimum atomic E-state index is -1.01. The third kappa shape index (κ3) is 7.40. The van der Waals surface area contributed by atoms with Crippen LogP contribution in [-0.2, 0) is 19.1 Å². The van der Waals surface area contributed by atoms with Crippen LogP contribution in [0.25, 0.3) is 0 Å². The van der Waals surface area contributed by atoms with Crippen molar-refractivity contribution in [1.82, 2.24) is 0 Å². The van der Waals surface area contributed by atoms with Crippen LogP contribution in [0.2, 0.25) is 0 Å². The number of hydrogen-bond acceptors (Lipinski definition) is 5. The Bertz CT molecular complexity index is 842. The molecule has 0 heterocycles. The quantitative estimate of drug-likeness (QED) is 0.659. The van der Waals surface area contributed by atoms with E-state index in [4.69, 9.17) is 4.74 Å². The number of thioether (sulfide) groups is 1. The number of nitrogens with one attached hydrogen (secondary N) is 2. The molecule has 148 valence electrons. The maximum Gasteiger partial charge on any atom is 0.316 e. The van der Waals surface area contributed by atoms with Gasteiger partial charge in [0.15, 0.2) is 6.10 Å². The molecule has 0 spiro atoms. The average Bonchev–Trinajstić information content (AvgIpc) is 2.63. The Balaban J connectivity index is 1.68. The van der Waals surface area contributed by atoms with E-state index in [1.54, 1.807) is 6.07 Å². The molecule has 0 aliphatic rings. The first-order valence-corrected chi connectivity index (χ1v) is 9.69. The second-order valence-corrected chi connectivity index (χ2v) is 7.02. The van der Waals surface area contributed by atoms with E-state index < -0.39 is 23.8 Å². The summed E-state index contributed by atoms with van der Waals surface area (Å²) < 4.78 is 17.9. The fourth-order valence-corrected chi connectivity index (χ4v) is 2.80. The summed E-state index contributed by atoms with van der Waals surface area (Å²) in [6.45, 7) is 3.36. The van der Waals surface area contributed by atoms with Crippen LogP contribution in [-0.4, -0.2) is 35.4 Å². The van der Waals surface area contributed by atoms with Gasteiger partial charge in [-0.1, -0.05) is 12.1 Å². The maximum atomic E-state index is 12.9. The number of rotatable bonds is 8. The number of anilines is 2. The SMILES string of the molecule is Cc1cccc(NC(=O)CSCC(=O)O[C@H](C)C(=O)Nc2ccc(F)cc2)c1. The first-order chi connectivity index (χ1) is 13.3. The molecule has 6 nitrogen and oxygen atoms in total. The smallest absolute Gasteiger partial charge is 0.316 e. The van der Waals surface area contributed by atoms with Gasteiger partial charge in [-0.25, -0.2) is 4.39 Å². The van der Waals surface area contributed by atoms with Gasteiger partial charge in [0.1, 0.15) is 5.82 Å². The third-order valence-electron chi connectivity index (χ3n) is 3.54. The molecule has 0 aliphatic carbocycles. The first kappa shape index (κ1) is 21.4. The number of esters is 1. The van der Waals surface area contributed by atoms with E-state index in [0.29, 0.717) is 11.4 Å².